The number of amides is 1. The smallest absolute Gasteiger partial charge is 0.264 e. The summed E-state index contributed by atoms with van der Waals surface area (Å²) in [6.45, 7) is 0.360. The fourth-order valence-electron chi connectivity index (χ4n) is 2.93. The van der Waals surface area contributed by atoms with Crippen molar-refractivity contribution in [3.63, 3.8) is 0 Å². The Hall–Kier alpha value is -1.55. The molecule has 0 spiro atoms. The van der Waals surface area contributed by atoms with Crippen LogP contribution < -0.4 is 9.64 Å². The summed E-state index contributed by atoms with van der Waals surface area (Å²) in [5.41, 5.74) is 2.06. The number of hydrogen-bond acceptors (Lipinski definition) is 3. The number of rotatable bonds is 3. The SMILES string of the molecule is CN1C(=O)COc2ccc(CC3(CO)CCC3)cc21. The summed E-state index contributed by atoms with van der Waals surface area (Å²) >= 11 is 0. The van der Waals surface area contributed by atoms with E-state index in [0.29, 0.717) is 0 Å². The summed E-state index contributed by atoms with van der Waals surface area (Å²) in [6.07, 6.45) is 4.25. The van der Waals surface area contributed by atoms with Gasteiger partial charge in [-0.3, -0.25) is 4.79 Å². The zero-order chi connectivity index (χ0) is 13.5. The summed E-state index contributed by atoms with van der Waals surface area (Å²) in [6, 6.07) is 5.98. The highest BCUT2D eigenvalue weighted by Crippen LogP contribution is 2.44. The van der Waals surface area contributed by atoms with Crippen LogP contribution in [0.15, 0.2) is 18.2 Å². The van der Waals surface area contributed by atoms with Gasteiger partial charge >= 0.3 is 0 Å². The summed E-state index contributed by atoms with van der Waals surface area (Å²) < 4.78 is 5.42. The zero-order valence-corrected chi connectivity index (χ0v) is 11.2. The molecule has 1 aliphatic carbocycles. The molecule has 1 aliphatic heterocycles. The third kappa shape index (κ3) is 2.10. The Morgan fingerprint density at radius 1 is 1.42 bits per heavy atom. The van der Waals surface area contributed by atoms with Crippen LogP contribution in [0.4, 0.5) is 5.69 Å². The number of ether oxygens (including phenoxy) is 1. The lowest BCUT2D eigenvalue weighted by atomic mass is 9.66. The molecule has 1 amide bonds. The Balaban J connectivity index is 1.86. The van der Waals surface area contributed by atoms with E-state index in [1.165, 1.54) is 6.42 Å². The molecular formula is C15H19NO3. The van der Waals surface area contributed by atoms with Gasteiger partial charge in [0.25, 0.3) is 5.91 Å². The molecule has 1 aromatic rings. The van der Waals surface area contributed by atoms with Gasteiger partial charge in [0, 0.05) is 13.7 Å². The number of aliphatic hydroxyl groups is 1. The number of nitrogens with zero attached hydrogens (tertiary/aromatic N) is 1. The lowest BCUT2D eigenvalue weighted by molar-refractivity contribution is -0.120. The largest absolute Gasteiger partial charge is 0.482 e. The maximum Gasteiger partial charge on any atom is 0.264 e. The number of aliphatic hydroxyl groups excluding tert-OH is 1. The molecule has 0 radical (unpaired) electrons. The first-order valence-corrected chi connectivity index (χ1v) is 6.77. The van der Waals surface area contributed by atoms with Crippen LogP contribution in [0, 0.1) is 5.41 Å². The Morgan fingerprint density at radius 3 is 2.84 bits per heavy atom. The number of fused-ring (bicyclic) bond motifs is 1. The van der Waals surface area contributed by atoms with E-state index in [1.807, 2.05) is 18.2 Å². The first-order chi connectivity index (χ1) is 9.13. The summed E-state index contributed by atoms with van der Waals surface area (Å²) in [7, 11) is 1.78. The van der Waals surface area contributed by atoms with E-state index in [-0.39, 0.29) is 24.5 Å². The van der Waals surface area contributed by atoms with Crippen LogP contribution in [-0.2, 0) is 11.2 Å². The first-order valence-electron chi connectivity index (χ1n) is 6.77. The highest BCUT2D eigenvalue weighted by atomic mass is 16.5. The van der Waals surface area contributed by atoms with Crippen LogP contribution >= 0.6 is 0 Å². The summed E-state index contributed by atoms with van der Waals surface area (Å²) in [5.74, 6) is 0.739. The Kier molecular flexibility index (Phi) is 2.97. The van der Waals surface area contributed by atoms with Gasteiger partial charge in [-0.2, -0.15) is 0 Å². The molecule has 3 rings (SSSR count). The van der Waals surface area contributed by atoms with Crippen LogP contribution in [-0.4, -0.2) is 31.3 Å². The number of anilines is 1. The molecule has 4 heteroatoms. The topological polar surface area (TPSA) is 49.8 Å². The van der Waals surface area contributed by atoms with Crippen molar-refractivity contribution in [1.29, 1.82) is 0 Å². The third-order valence-electron chi connectivity index (χ3n) is 4.44. The van der Waals surface area contributed by atoms with Crippen molar-refractivity contribution in [2.45, 2.75) is 25.7 Å². The van der Waals surface area contributed by atoms with E-state index in [9.17, 15) is 9.90 Å². The van der Waals surface area contributed by atoms with E-state index >= 15 is 0 Å². The van der Waals surface area contributed by atoms with Crippen molar-refractivity contribution >= 4 is 11.6 Å². The first kappa shape index (κ1) is 12.5. The zero-order valence-electron chi connectivity index (χ0n) is 11.2. The van der Waals surface area contributed by atoms with E-state index in [4.69, 9.17) is 4.74 Å². The van der Waals surface area contributed by atoms with Crippen molar-refractivity contribution < 1.29 is 14.6 Å². The minimum atomic E-state index is -0.0230. The second-order valence-electron chi connectivity index (χ2n) is 5.73. The number of carbonyl (C=O) groups is 1. The molecule has 0 bridgehead atoms. The lowest BCUT2D eigenvalue weighted by Crippen LogP contribution is -2.37. The van der Waals surface area contributed by atoms with Crippen molar-refractivity contribution in [2.75, 3.05) is 25.2 Å². The monoisotopic (exact) mass is 261 g/mol. The van der Waals surface area contributed by atoms with Crippen molar-refractivity contribution in [2.24, 2.45) is 5.41 Å². The van der Waals surface area contributed by atoms with Gasteiger partial charge in [0.2, 0.25) is 0 Å². The number of likely N-dealkylation sites (N-methyl/N-ethyl adjacent to an activating group) is 1. The van der Waals surface area contributed by atoms with E-state index in [1.54, 1.807) is 11.9 Å². The minimum Gasteiger partial charge on any atom is -0.482 e. The van der Waals surface area contributed by atoms with Crippen LogP contribution in [0.1, 0.15) is 24.8 Å². The Labute approximate surface area is 113 Å². The standard InChI is InChI=1S/C15H19NO3/c1-16-12-7-11(8-15(10-17)5-2-6-15)3-4-13(12)19-9-14(16)18/h3-4,7,17H,2,5-6,8-10H2,1H3. The van der Waals surface area contributed by atoms with Gasteiger partial charge in [0.1, 0.15) is 5.75 Å². The third-order valence-corrected chi connectivity index (χ3v) is 4.44. The average molecular weight is 261 g/mol. The molecule has 0 saturated heterocycles. The molecule has 1 fully saturated rings. The van der Waals surface area contributed by atoms with Gasteiger partial charge in [-0.25, -0.2) is 0 Å². The average Bonchev–Trinajstić information content (AvgIpc) is 2.39. The molecular weight excluding hydrogens is 242 g/mol. The molecule has 2 aliphatic rings. The highest BCUT2D eigenvalue weighted by molar-refractivity contribution is 5.97. The second kappa shape index (κ2) is 4.53. The van der Waals surface area contributed by atoms with Gasteiger partial charge in [-0.05, 0) is 42.4 Å². The lowest BCUT2D eigenvalue weighted by Gasteiger charge is -2.40. The maximum atomic E-state index is 11.6. The number of benzene rings is 1. The van der Waals surface area contributed by atoms with Crippen molar-refractivity contribution in [3.8, 4) is 5.75 Å². The molecule has 1 heterocycles. The van der Waals surface area contributed by atoms with Gasteiger partial charge in [-0.15, -0.1) is 0 Å². The molecule has 102 valence electrons. The summed E-state index contributed by atoms with van der Waals surface area (Å²) in [4.78, 5) is 13.3. The number of hydrogen-bond donors (Lipinski definition) is 1. The van der Waals surface area contributed by atoms with Gasteiger partial charge < -0.3 is 14.7 Å². The van der Waals surface area contributed by atoms with Gasteiger partial charge in [0.15, 0.2) is 6.61 Å². The quantitative estimate of drug-likeness (QED) is 0.901. The molecule has 1 N–H and O–H groups in total. The van der Waals surface area contributed by atoms with Gasteiger partial charge in [0.05, 0.1) is 5.69 Å². The normalized spacial score (nSPS) is 20.5. The van der Waals surface area contributed by atoms with Crippen LogP contribution in [0.5, 0.6) is 5.75 Å². The fraction of sp³-hybridized carbons (Fsp3) is 0.533. The predicted octanol–water partition coefficient (Wildman–Crippen LogP) is 1.75. The molecule has 0 atom stereocenters. The minimum absolute atomic E-state index is 0.0230. The molecule has 4 nitrogen and oxygen atoms in total. The van der Waals surface area contributed by atoms with Crippen LogP contribution in [0.3, 0.4) is 0 Å². The maximum absolute atomic E-state index is 11.6. The van der Waals surface area contributed by atoms with Gasteiger partial charge in [-0.1, -0.05) is 12.5 Å². The van der Waals surface area contributed by atoms with Crippen LogP contribution in [0.25, 0.3) is 0 Å². The molecule has 19 heavy (non-hydrogen) atoms. The molecule has 1 saturated carbocycles. The molecule has 0 unspecified atom stereocenters. The van der Waals surface area contributed by atoms with E-state index < -0.39 is 0 Å². The molecule has 1 aromatic carbocycles. The van der Waals surface area contributed by atoms with E-state index in [2.05, 4.69) is 0 Å². The second-order valence-corrected chi connectivity index (χ2v) is 5.73. The Morgan fingerprint density at radius 2 is 2.21 bits per heavy atom. The Bertz CT molecular complexity index is 503. The summed E-state index contributed by atoms with van der Waals surface area (Å²) in [5, 5.41) is 9.54. The van der Waals surface area contributed by atoms with Crippen molar-refractivity contribution in [3.05, 3.63) is 23.8 Å². The fourth-order valence-corrected chi connectivity index (χ4v) is 2.93. The van der Waals surface area contributed by atoms with Crippen LogP contribution in [0.2, 0.25) is 0 Å². The van der Waals surface area contributed by atoms with E-state index in [0.717, 1.165) is 36.3 Å². The number of carbonyl (C=O) groups excluding carboxylic acids is 1. The highest BCUT2D eigenvalue weighted by Gasteiger charge is 2.36. The van der Waals surface area contributed by atoms with Crippen molar-refractivity contribution in [1.82, 2.24) is 0 Å². The molecule has 0 aromatic heterocycles. The predicted molar refractivity (Wildman–Crippen MR) is 72.4 cm³/mol.